The second-order valence-electron chi connectivity index (χ2n) is 15.4. The average Bonchev–Trinajstić information content (AvgIpc) is 3.02. The van der Waals surface area contributed by atoms with Crippen molar-refractivity contribution in [2.75, 3.05) is 26.2 Å². The van der Waals surface area contributed by atoms with Gasteiger partial charge >= 0.3 is 6.09 Å². The Balaban J connectivity index is 1.08. The first kappa shape index (κ1) is 34.8. The van der Waals surface area contributed by atoms with Crippen LogP contribution < -0.4 is 14.8 Å². The molecule has 254 valence electrons. The summed E-state index contributed by atoms with van der Waals surface area (Å²) in [7, 11) is 0. The highest BCUT2D eigenvalue weighted by molar-refractivity contribution is 6.31. The Bertz CT molecular complexity index is 1460. The van der Waals surface area contributed by atoms with E-state index in [2.05, 4.69) is 44.0 Å². The molecular weight excluding hydrogens is 616 g/mol. The fourth-order valence-electron chi connectivity index (χ4n) is 7.79. The molecule has 2 aromatic rings. The molecule has 0 bridgehead atoms. The highest BCUT2D eigenvalue weighted by atomic mass is 35.5. The molecule has 2 amide bonds. The number of nitrogens with zero attached hydrogens (tertiary/aromatic N) is 3. The Morgan fingerprint density at radius 3 is 2.04 bits per heavy atom. The Hall–Kier alpha value is -3.48. The SMILES string of the molecule is CC(C)(C)OC(=O)N1CCC(N2CCC(Oc3ccc(C(=O)N[C@H]4C(C)(C)[C@H](Oc5ccc(C#N)c(Cl)c5)C4(C)C)cc3)CC2)CC1. The minimum atomic E-state index is -0.474. The van der Waals surface area contributed by atoms with E-state index in [-0.39, 0.29) is 41.1 Å². The predicted octanol–water partition coefficient (Wildman–Crippen LogP) is 7.07. The smallest absolute Gasteiger partial charge is 0.410 e. The molecule has 1 saturated carbocycles. The molecule has 3 fully saturated rings. The summed E-state index contributed by atoms with van der Waals surface area (Å²) >= 11 is 6.22. The number of piperidine rings is 2. The highest BCUT2D eigenvalue weighted by Crippen LogP contribution is 2.55. The molecule has 5 rings (SSSR count). The molecule has 0 atom stereocenters. The standard InChI is InChI=1S/C37H49ClN4O5/c1-35(2,3)47-34(44)42-18-14-26(15-19-42)41-20-16-28(17-21-41)45-27-11-8-24(9-12-27)31(43)40-32-36(4,5)33(37(32,6)7)46-29-13-10-25(23-39)30(38)22-29/h8-13,22,26,28,32-33H,14-21H2,1-7H3,(H,40,43)/t32-,33-. The van der Waals surface area contributed by atoms with E-state index in [0.717, 1.165) is 57.6 Å². The van der Waals surface area contributed by atoms with Gasteiger partial charge in [-0.1, -0.05) is 39.3 Å². The summed E-state index contributed by atoms with van der Waals surface area (Å²) in [6, 6.07) is 14.9. The first-order valence-corrected chi connectivity index (χ1v) is 17.1. The molecule has 3 aliphatic rings. The van der Waals surface area contributed by atoms with Crippen molar-refractivity contribution in [2.24, 2.45) is 10.8 Å². The Labute approximate surface area is 284 Å². The number of hydrogen-bond acceptors (Lipinski definition) is 7. The molecule has 2 saturated heterocycles. The van der Waals surface area contributed by atoms with Crippen molar-refractivity contribution in [2.45, 2.75) is 104 Å². The summed E-state index contributed by atoms with van der Waals surface area (Å²) in [5, 5.41) is 12.8. The van der Waals surface area contributed by atoms with Crippen LogP contribution in [0.3, 0.4) is 0 Å². The van der Waals surface area contributed by atoms with Crippen molar-refractivity contribution >= 4 is 23.6 Å². The number of halogens is 1. The summed E-state index contributed by atoms with van der Waals surface area (Å²) in [6.45, 7) is 17.5. The number of rotatable bonds is 7. The highest BCUT2D eigenvalue weighted by Gasteiger charge is 2.64. The number of nitrogens with one attached hydrogen (secondary N) is 1. The van der Waals surface area contributed by atoms with Gasteiger partial charge in [0.1, 0.15) is 35.4 Å². The fraction of sp³-hybridized carbons (Fsp3) is 0.595. The van der Waals surface area contributed by atoms with Crippen LogP contribution in [0.4, 0.5) is 4.79 Å². The largest absolute Gasteiger partial charge is 0.490 e. The fourth-order valence-corrected chi connectivity index (χ4v) is 8.00. The average molecular weight is 665 g/mol. The lowest BCUT2D eigenvalue weighted by molar-refractivity contribution is -0.164. The summed E-state index contributed by atoms with van der Waals surface area (Å²) in [5.74, 6) is 1.24. The normalized spacial score (nSPS) is 23.3. The van der Waals surface area contributed by atoms with Gasteiger partial charge in [0.05, 0.1) is 10.6 Å². The van der Waals surface area contributed by atoms with Crippen molar-refractivity contribution in [3.63, 3.8) is 0 Å². The van der Waals surface area contributed by atoms with Gasteiger partial charge in [-0.25, -0.2) is 4.79 Å². The maximum absolute atomic E-state index is 13.3. The summed E-state index contributed by atoms with van der Waals surface area (Å²) < 4.78 is 18.2. The van der Waals surface area contributed by atoms with Gasteiger partial charge in [-0.3, -0.25) is 9.69 Å². The molecule has 2 heterocycles. The van der Waals surface area contributed by atoms with Gasteiger partial charge in [-0.05, 0) is 82.9 Å². The van der Waals surface area contributed by atoms with E-state index in [1.165, 1.54) is 0 Å². The van der Waals surface area contributed by atoms with Gasteiger partial charge in [-0.15, -0.1) is 0 Å². The molecule has 2 aromatic carbocycles. The minimum Gasteiger partial charge on any atom is -0.490 e. The molecule has 0 unspecified atom stereocenters. The summed E-state index contributed by atoms with van der Waals surface area (Å²) in [6.07, 6.45) is 3.56. The Morgan fingerprint density at radius 1 is 0.894 bits per heavy atom. The first-order valence-electron chi connectivity index (χ1n) is 16.7. The van der Waals surface area contributed by atoms with E-state index < -0.39 is 5.60 Å². The lowest BCUT2D eigenvalue weighted by Crippen LogP contribution is -2.74. The Kier molecular flexibility index (Phi) is 10.1. The third-order valence-corrected chi connectivity index (χ3v) is 10.3. The third kappa shape index (κ3) is 7.81. The summed E-state index contributed by atoms with van der Waals surface area (Å²) in [5.41, 5.74) is -0.166. The van der Waals surface area contributed by atoms with E-state index in [9.17, 15) is 14.9 Å². The van der Waals surface area contributed by atoms with Crippen molar-refractivity contribution in [1.29, 1.82) is 5.26 Å². The van der Waals surface area contributed by atoms with Crippen molar-refractivity contribution in [3.05, 3.63) is 58.6 Å². The van der Waals surface area contributed by atoms with Crippen molar-refractivity contribution in [3.8, 4) is 17.6 Å². The third-order valence-electron chi connectivity index (χ3n) is 9.96. The molecule has 9 nitrogen and oxygen atoms in total. The number of nitriles is 1. The molecule has 1 N–H and O–H groups in total. The van der Waals surface area contributed by atoms with Gasteiger partial charge < -0.3 is 24.4 Å². The zero-order valence-corrected chi connectivity index (χ0v) is 29.5. The lowest BCUT2D eigenvalue weighted by Gasteiger charge is -2.63. The van der Waals surface area contributed by atoms with Gasteiger partial charge in [0.2, 0.25) is 0 Å². The molecule has 47 heavy (non-hydrogen) atoms. The number of carbonyl (C=O) groups excluding carboxylic acids is 2. The van der Waals surface area contributed by atoms with Gasteiger partial charge in [0, 0.05) is 60.7 Å². The van der Waals surface area contributed by atoms with Crippen LogP contribution in [0.2, 0.25) is 5.02 Å². The molecule has 10 heteroatoms. The van der Waals surface area contributed by atoms with Gasteiger partial charge in [-0.2, -0.15) is 5.26 Å². The van der Waals surface area contributed by atoms with Crippen LogP contribution in [-0.4, -0.2) is 77.9 Å². The molecule has 0 aromatic heterocycles. The van der Waals surface area contributed by atoms with Crippen molar-refractivity contribution in [1.82, 2.24) is 15.1 Å². The maximum atomic E-state index is 13.3. The monoisotopic (exact) mass is 664 g/mol. The maximum Gasteiger partial charge on any atom is 0.410 e. The van der Waals surface area contributed by atoms with E-state index >= 15 is 0 Å². The van der Waals surface area contributed by atoms with Crippen LogP contribution in [0.15, 0.2) is 42.5 Å². The van der Waals surface area contributed by atoms with Gasteiger partial charge in [0.15, 0.2) is 0 Å². The molecule has 0 spiro atoms. The van der Waals surface area contributed by atoms with Gasteiger partial charge in [0.25, 0.3) is 5.91 Å². The Morgan fingerprint density at radius 2 is 1.49 bits per heavy atom. The first-order chi connectivity index (χ1) is 22.1. The number of hydrogen-bond donors (Lipinski definition) is 1. The molecule has 0 radical (unpaired) electrons. The second-order valence-corrected chi connectivity index (χ2v) is 15.8. The van der Waals surface area contributed by atoms with Crippen LogP contribution in [0, 0.1) is 22.2 Å². The molecule has 2 aliphatic heterocycles. The van der Waals surface area contributed by atoms with Crippen LogP contribution in [0.25, 0.3) is 0 Å². The van der Waals surface area contributed by atoms with E-state index in [1.54, 1.807) is 18.2 Å². The quantitative estimate of drug-likeness (QED) is 0.338. The van der Waals surface area contributed by atoms with E-state index in [1.807, 2.05) is 49.9 Å². The number of ether oxygens (including phenoxy) is 3. The van der Waals surface area contributed by atoms with E-state index in [4.69, 9.17) is 25.8 Å². The number of benzene rings is 2. The lowest BCUT2D eigenvalue weighted by atomic mass is 9.49. The minimum absolute atomic E-state index is 0.119. The number of likely N-dealkylation sites (tertiary alicyclic amines) is 2. The summed E-state index contributed by atoms with van der Waals surface area (Å²) in [4.78, 5) is 30.1. The molecule has 1 aliphatic carbocycles. The second kappa shape index (κ2) is 13.6. The number of amides is 2. The van der Waals surface area contributed by atoms with Crippen LogP contribution in [-0.2, 0) is 4.74 Å². The van der Waals surface area contributed by atoms with E-state index in [0.29, 0.717) is 27.9 Å². The zero-order chi connectivity index (χ0) is 34.1. The van der Waals surface area contributed by atoms with Crippen molar-refractivity contribution < 1.29 is 23.8 Å². The molecular formula is C37H49ClN4O5. The zero-order valence-electron chi connectivity index (χ0n) is 28.8. The van der Waals surface area contributed by atoms with Crippen LogP contribution >= 0.6 is 11.6 Å². The number of carbonyl (C=O) groups is 2. The van der Waals surface area contributed by atoms with Crippen LogP contribution in [0.1, 0.15) is 90.1 Å². The predicted molar refractivity (Wildman–Crippen MR) is 182 cm³/mol. The topological polar surface area (TPSA) is 104 Å². The van der Waals surface area contributed by atoms with Crippen LogP contribution in [0.5, 0.6) is 11.5 Å².